The van der Waals surface area contributed by atoms with Crippen LogP contribution < -0.4 is 5.32 Å². The molecule has 0 spiro atoms. The normalized spacial score (nSPS) is 42.9. The van der Waals surface area contributed by atoms with Gasteiger partial charge in [-0.05, 0) is 76.0 Å². The van der Waals surface area contributed by atoms with Gasteiger partial charge in [-0.25, -0.2) is 0 Å². The fourth-order valence-electron chi connectivity index (χ4n) is 7.29. The van der Waals surface area contributed by atoms with Gasteiger partial charge < -0.3 is 15.1 Å². The summed E-state index contributed by atoms with van der Waals surface area (Å²) in [7, 11) is 0. The van der Waals surface area contributed by atoms with E-state index in [0.717, 1.165) is 76.0 Å². The van der Waals surface area contributed by atoms with Gasteiger partial charge in [0.15, 0.2) is 0 Å². The number of hydrogen-bond acceptors (Lipinski definition) is 3. The number of hydrogen-bond donors (Lipinski definition) is 1. The summed E-state index contributed by atoms with van der Waals surface area (Å²) in [5.41, 5.74) is -0.117. The number of piperazine rings is 1. The van der Waals surface area contributed by atoms with Crippen molar-refractivity contribution in [2.75, 3.05) is 26.2 Å². The summed E-state index contributed by atoms with van der Waals surface area (Å²) in [6.07, 6.45) is 9.19. The minimum atomic E-state index is -0.194. The molecule has 2 heterocycles. The minimum absolute atomic E-state index is 0. The van der Waals surface area contributed by atoms with Crippen molar-refractivity contribution >= 4 is 24.2 Å². The summed E-state index contributed by atoms with van der Waals surface area (Å²) in [4.78, 5) is 30.9. The van der Waals surface area contributed by atoms with E-state index in [1.807, 2.05) is 9.80 Å². The van der Waals surface area contributed by atoms with Gasteiger partial charge >= 0.3 is 0 Å². The molecule has 6 aliphatic rings. The maximum Gasteiger partial charge on any atom is 0.245 e. The molecule has 6 heteroatoms. The third-order valence-electron chi connectivity index (χ3n) is 7.97. The lowest BCUT2D eigenvalue weighted by Gasteiger charge is -2.56. The lowest BCUT2D eigenvalue weighted by Crippen LogP contribution is -2.59. The molecule has 2 saturated heterocycles. The Morgan fingerprint density at radius 2 is 1.63 bits per heavy atom. The van der Waals surface area contributed by atoms with E-state index in [0.29, 0.717) is 11.9 Å². The highest BCUT2D eigenvalue weighted by molar-refractivity contribution is 5.91. The van der Waals surface area contributed by atoms with Gasteiger partial charge in [-0.3, -0.25) is 9.59 Å². The molecule has 0 aromatic carbocycles. The van der Waals surface area contributed by atoms with E-state index in [2.05, 4.69) is 12.2 Å². The van der Waals surface area contributed by atoms with E-state index in [1.165, 1.54) is 19.3 Å². The number of nitrogens with one attached hydrogen (secondary N) is 1. The first-order chi connectivity index (χ1) is 12.5. The van der Waals surface area contributed by atoms with Gasteiger partial charge in [0, 0.05) is 32.2 Å². The Bertz CT molecular complexity index is 575. The van der Waals surface area contributed by atoms with Crippen LogP contribution in [-0.2, 0) is 9.59 Å². The van der Waals surface area contributed by atoms with Crippen molar-refractivity contribution in [1.29, 1.82) is 0 Å². The average Bonchev–Trinajstić information content (AvgIpc) is 3.08. The number of amides is 2. The standard InChI is InChI=1S/C21H33N3O2.ClH/c1-14-13-23(6-4-22-14)19(25)18-3-2-5-24(18)20(26)21-10-15-7-16(11-21)9-17(8-15)12-21;/h14-18,22H,2-13H2,1H3;1H. The largest absolute Gasteiger partial charge is 0.338 e. The SMILES string of the molecule is CC1CN(C(=O)C2CCCN2C(=O)C23CC4CC(CC(C4)C2)C3)CCN1.Cl. The zero-order valence-electron chi connectivity index (χ0n) is 16.5. The maximum atomic E-state index is 13.7. The fourth-order valence-corrected chi connectivity index (χ4v) is 7.29. The zero-order valence-corrected chi connectivity index (χ0v) is 17.3. The van der Waals surface area contributed by atoms with E-state index in [4.69, 9.17) is 0 Å². The highest BCUT2D eigenvalue weighted by Gasteiger charge is 2.57. The molecule has 2 atom stereocenters. The van der Waals surface area contributed by atoms with Gasteiger partial charge in [-0.1, -0.05) is 0 Å². The lowest BCUT2D eigenvalue weighted by molar-refractivity contribution is -0.162. The molecule has 2 amide bonds. The van der Waals surface area contributed by atoms with Gasteiger partial charge in [0.1, 0.15) is 6.04 Å². The summed E-state index contributed by atoms with van der Waals surface area (Å²) in [6, 6.07) is 0.155. The molecule has 4 saturated carbocycles. The third kappa shape index (κ3) is 3.29. The highest BCUT2D eigenvalue weighted by atomic mass is 35.5. The molecule has 5 nitrogen and oxygen atoms in total. The first-order valence-electron chi connectivity index (χ1n) is 10.9. The molecule has 6 rings (SSSR count). The second-order valence-electron chi connectivity index (χ2n) is 9.99. The Kier molecular flexibility index (Phi) is 5.21. The second-order valence-corrected chi connectivity index (χ2v) is 9.99. The summed E-state index contributed by atoms with van der Waals surface area (Å²) in [5.74, 6) is 2.87. The number of carbonyl (C=O) groups excluding carboxylic acids is 2. The summed E-state index contributed by atoms with van der Waals surface area (Å²) < 4.78 is 0. The predicted molar refractivity (Wildman–Crippen MR) is 107 cm³/mol. The predicted octanol–water partition coefficient (Wildman–Crippen LogP) is 2.44. The Hall–Kier alpha value is -0.810. The number of carbonyl (C=O) groups is 2. The van der Waals surface area contributed by atoms with Gasteiger partial charge in [-0.2, -0.15) is 0 Å². The van der Waals surface area contributed by atoms with Crippen molar-refractivity contribution in [3.8, 4) is 0 Å². The summed E-state index contributed by atoms with van der Waals surface area (Å²) in [6.45, 7) is 5.33. The van der Waals surface area contributed by atoms with Gasteiger partial charge in [0.25, 0.3) is 0 Å². The molecule has 0 aromatic heterocycles. The van der Waals surface area contributed by atoms with E-state index < -0.39 is 0 Å². The first kappa shape index (κ1) is 19.5. The van der Waals surface area contributed by atoms with Crippen molar-refractivity contribution in [1.82, 2.24) is 15.1 Å². The van der Waals surface area contributed by atoms with Crippen LogP contribution in [0.5, 0.6) is 0 Å². The maximum absolute atomic E-state index is 13.7. The van der Waals surface area contributed by atoms with Crippen LogP contribution in [0.25, 0.3) is 0 Å². The minimum Gasteiger partial charge on any atom is -0.338 e. The van der Waals surface area contributed by atoms with Crippen LogP contribution in [0.1, 0.15) is 58.3 Å². The molecule has 4 bridgehead atoms. The Morgan fingerprint density at radius 1 is 1.00 bits per heavy atom. The Labute approximate surface area is 169 Å². The highest BCUT2D eigenvalue weighted by Crippen LogP contribution is 2.60. The van der Waals surface area contributed by atoms with Crippen LogP contribution in [0.15, 0.2) is 0 Å². The molecule has 27 heavy (non-hydrogen) atoms. The first-order valence-corrected chi connectivity index (χ1v) is 10.9. The number of likely N-dealkylation sites (tertiary alicyclic amines) is 1. The second kappa shape index (κ2) is 7.22. The molecular weight excluding hydrogens is 362 g/mol. The van der Waals surface area contributed by atoms with Crippen LogP contribution in [-0.4, -0.2) is 59.9 Å². The monoisotopic (exact) mass is 395 g/mol. The molecule has 0 aromatic rings. The number of halogens is 1. The van der Waals surface area contributed by atoms with Crippen LogP contribution in [0.2, 0.25) is 0 Å². The van der Waals surface area contributed by atoms with Crippen LogP contribution in [0, 0.1) is 23.2 Å². The Morgan fingerprint density at radius 3 is 2.22 bits per heavy atom. The van der Waals surface area contributed by atoms with Crippen LogP contribution in [0.4, 0.5) is 0 Å². The van der Waals surface area contributed by atoms with E-state index in [1.54, 1.807) is 0 Å². The number of rotatable bonds is 2. The van der Waals surface area contributed by atoms with Crippen molar-refractivity contribution < 1.29 is 9.59 Å². The molecule has 152 valence electrons. The van der Waals surface area contributed by atoms with Gasteiger partial charge in [0.2, 0.25) is 11.8 Å². The van der Waals surface area contributed by atoms with Gasteiger partial charge in [-0.15, -0.1) is 12.4 Å². The molecule has 4 aliphatic carbocycles. The molecule has 1 N–H and O–H groups in total. The van der Waals surface area contributed by atoms with E-state index in [-0.39, 0.29) is 29.8 Å². The van der Waals surface area contributed by atoms with Gasteiger partial charge in [0.05, 0.1) is 5.41 Å². The van der Waals surface area contributed by atoms with Crippen molar-refractivity contribution in [3.63, 3.8) is 0 Å². The van der Waals surface area contributed by atoms with E-state index in [9.17, 15) is 9.59 Å². The Balaban J connectivity index is 0.00000180. The van der Waals surface area contributed by atoms with Crippen LogP contribution in [0.3, 0.4) is 0 Å². The molecule has 2 unspecified atom stereocenters. The topological polar surface area (TPSA) is 52.7 Å². The van der Waals surface area contributed by atoms with E-state index >= 15 is 0 Å². The fraction of sp³-hybridized carbons (Fsp3) is 0.905. The summed E-state index contributed by atoms with van der Waals surface area (Å²) >= 11 is 0. The van der Waals surface area contributed by atoms with Crippen LogP contribution >= 0.6 is 12.4 Å². The molecule has 0 radical (unpaired) electrons. The quantitative estimate of drug-likeness (QED) is 0.781. The number of nitrogens with zero attached hydrogens (tertiary/aromatic N) is 2. The van der Waals surface area contributed by atoms with Crippen molar-refractivity contribution in [2.24, 2.45) is 23.2 Å². The van der Waals surface area contributed by atoms with Crippen molar-refractivity contribution in [2.45, 2.75) is 70.4 Å². The zero-order chi connectivity index (χ0) is 17.9. The van der Waals surface area contributed by atoms with Crippen molar-refractivity contribution in [3.05, 3.63) is 0 Å². The average molecular weight is 396 g/mol. The smallest absolute Gasteiger partial charge is 0.245 e. The molecule has 2 aliphatic heterocycles. The molecule has 6 fully saturated rings. The summed E-state index contributed by atoms with van der Waals surface area (Å²) in [5, 5.41) is 3.41. The molecular formula is C21H34ClN3O2. The lowest BCUT2D eigenvalue weighted by atomic mass is 9.49. The third-order valence-corrected chi connectivity index (χ3v) is 7.97.